The Hall–Kier alpha value is -2.63. The van der Waals surface area contributed by atoms with E-state index in [0.29, 0.717) is 6.54 Å². The predicted molar refractivity (Wildman–Crippen MR) is 103 cm³/mol. The fourth-order valence-corrected chi connectivity index (χ4v) is 4.07. The third kappa shape index (κ3) is 2.71. The Morgan fingerprint density at radius 3 is 2.60 bits per heavy atom. The largest absolute Gasteiger partial charge is 0.496 e. The van der Waals surface area contributed by atoms with Crippen LogP contribution in [0, 0.1) is 0 Å². The summed E-state index contributed by atoms with van der Waals surface area (Å²) >= 11 is 1.65. The topological polar surface area (TPSA) is 52.5 Å². The number of benzene rings is 2. The highest BCUT2D eigenvalue weighted by Gasteiger charge is 2.20. The fraction of sp³-hybridized carbons (Fsp3) is 0.150. The van der Waals surface area contributed by atoms with Gasteiger partial charge in [0.25, 0.3) is 0 Å². The van der Waals surface area contributed by atoms with Crippen LogP contribution in [0.2, 0.25) is 0 Å². The van der Waals surface area contributed by atoms with Gasteiger partial charge in [0.15, 0.2) is 4.96 Å². The van der Waals surface area contributed by atoms with Crippen LogP contribution in [0.25, 0.3) is 27.5 Å². The highest BCUT2D eigenvalue weighted by Crippen LogP contribution is 2.36. The van der Waals surface area contributed by atoms with Crippen molar-refractivity contribution >= 4 is 16.3 Å². The molecule has 0 saturated carbocycles. The second-order valence-electron chi connectivity index (χ2n) is 5.75. The summed E-state index contributed by atoms with van der Waals surface area (Å²) in [5, 5.41) is 2.16. The van der Waals surface area contributed by atoms with Crippen molar-refractivity contribution in [2.45, 2.75) is 6.42 Å². The van der Waals surface area contributed by atoms with E-state index in [9.17, 15) is 0 Å². The average molecular weight is 349 g/mol. The summed E-state index contributed by atoms with van der Waals surface area (Å²) in [6.07, 6.45) is 0.755. The minimum atomic E-state index is 0.569. The van der Waals surface area contributed by atoms with Gasteiger partial charge in [0.1, 0.15) is 5.75 Å². The first-order chi connectivity index (χ1) is 12.3. The lowest BCUT2D eigenvalue weighted by Crippen LogP contribution is -2.07. The Labute approximate surface area is 150 Å². The third-order valence-electron chi connectivity index (χ3n) is 4.27. The third-order valence-corrected chi connectivity index (χ3v) is 5.10. The first-order valence-corrected chi connectivity index (χ1v) is 9.09. The number of rotatable bonds is 5. The number of imidazole rings is 1. The summed E-state index contributed by atoms with van der Waals surface area (Å²) in [4.78, 5) is 5.88. The molecule has 2 aromatic carbocycles. The zero-order valence-electron chi connectivity index (χ0n) is 14.0. The van der Waals surface area contributed by atoms with Gasteiger partial charge in [-0.05, 0) is 24.2 Å². The normalized spacial score (nSPS) is 11.1. The monoisotopic (exact) mass is 349 g/mol. The molecule has 4 rings (SSSR count). The van der Waals surface area contributed by atoms with Gasteiger partial charge in [0.2, 0.25) is 0 Å². The maximum Gasteiger partial charge on any atom is 0.194 e. The molecule has 0 bridgehead atoms. The summed E-state index contributed by atoms with van der Waals surface area (Å²) in [7, 11) is 1.69. The molecule has 2 N–H and O–H groups in total. The first-order valence-electron chi connectivity index (χ1n) is 8.21. The van der Waals surface area contributed by atoms with Crippen molar-refractivity contribution in [2.24, 2.45) is 5.73 Å². The number of thiazole rings is 1. The summed E-state index contributed by atoms with van der Waals surface area (Å²) in [5.41, 5.74) is 11.3. The molecule has 0 saturated heterocycles. The second kappa shape index (κ2) is 6.70. The highest BCUT2D eigenvalue weighted by molar-refractivity contribution is 7.15. The number of nitrogens with two attached hydrogens (primary N) is 1. The van der Waals surface area contributed by atoms with E-state index in [1.54, 1.807) is 18.4 Å². The summed E-state index contributed by atoms with van der Waals surface area (Å²) in [6.45, 7) is 0.569. The second-order valence-corrected chi connectivity index (χ2v) is 6.59. The lowest BCUT2D eigenvalue weighted by Gasteiger charge is -2.09. The van der Waals surface area contributed by atoms with Crippen LogP contribution < -0.4 is 10.5 Å². The number of hydrogen-bond acceptors (Lipinski definition) is 4. The SMILES string of the molecule is COc1ccccc1-c1nc2scc(-c3ccccc3)n2c1CCN. The molecule has 0 atom stereocenters. The molecule has 5 heteroatoms. The van der Waals surface area contributed by atoms with Gasteiger partial charge in [-0.15, -0.1) is 11.3 Å². The van der Waals surface area contributed by atoms with Crippen LogP contribution >= 0.6 is 11.3 Å². The Kier molecular flexibility index (Phi) is 4.26. The summed E-state index contributed by atoms with van der Waals surface area (Å²) in [6, 6.07) is 18.4. The van der Waals surface area contributed by atoms with Crippen molar-refractivity contribution in [3.05, 3.63) is 65.7 Å². The molecule has 25 heavy (non-hydrogen) atoms. The lowest BCUT2D eigenvalue weighted by atomic mass is 10.1. The molecule has 0 aliphatic carbocycles. The van der Waals surface area contributed by atoms with Crippen LogP contribution in [0.15, 0.2) is 60.0 Å². The predicted octanol–water partition coefficient (Wildman–Crippen LogP) is 4.24. The standard InChI is InChI=1S/C20H19N3OS/c1-24-18-10-6-5-9-15(18)19-16(11-12-21)23-17(13-25-20(23)22-19)14-7-3-2-4-8-14/h2-10,13H,11-12,21H2,1H3. The molecule has 2 aromatic heterocycles. The molecule has 0 fully saturated rings. The Bertz CT molecular complexity index is 1000. The van der Waals surface area contributed by atoms with Gasteiger partial charge in [0, 0.05) is 17.4 Å². The van der Waals surface area contributed by atoms with E-state index in [4.69, 9.17) is 15.5 Å². The van der Waals surface area contributed by atoms with E-state index in [0.717, 1.165) is 39.8 Å². The van der Waals surface area contributed by atoms with Gasteiger partial charge in [-0.1, -0.05) is 42.5 Å². The van der Waals surface area contributed by atoms with Crippen LogP contribution in [0.5, 0.6) is 5.75 Å². The van der Waals surface area contributed by atoms with Gasteiger partial charge in [-0.2, -0.15) is 0 Å². The zero-order chi connectivity index (χ0) is 17.2. The lowest BCUT2D eigenvalue weighted by molar-refractivity contribution is 0.416. The number of hydrogen-bond donors (Lipinski definition) is 1. The Morgan fingerprint density at radius 2 is 1.84 bits per heavy atom. The van der Waals surface area contributed by atoms with Crippen LogP contribution in [-0.4, -0.2) is 23.0 Å². The molecular formula is C20H19N3OS. The summed E-state index contributed by atoms with van der Waals surface area (Å²) < 4.78 is 7.77. The smallest absolute Gasteiger partial charge is 0.194 e. The van der Waals surface area contributed by atoms with Crippen molar-refractivity contribution in [2.75, 3.05) is 13.7 Å². The minimum absolute atomic E-state index is 0.569. The molecule has 0 unspecified atom stereocenters. The number of fused-ring (bicyclic) bond motifs is 1. The van der Waals surface area contributed by atoms with Crippen molar-refractivity contribution in [1.29, 1.82) is 0 Å². The zero-order valence-corrected chi connectivity index (χ0v) is 14.8. The van der Waals surface area contributed by atoms with Gasteiger partial charge in [0.05, 0.1) is 24.2 Å². The van der Waals surface area contributed by atoms with Crippen LogP contribution in [0.3, 0.4) is 0 Å². The molecular weight excluding hydrogens is 330 g/mol. The van der Waals surface area contributed by atoms with E-state index in [1.165, 1.54) is 5.56 Å². The first kappa shape index (κ1) is 15.9. The van der Waals surface area contributed by atoms with E-state index < -0.39 is 0 Å². The molecule has 2 heterocycles. The van der Waals surface area contributed by atoms with E-state index in [-0.39, 0.29) is 0 Å². The minimum Gasteiger partial charge on any atom is -0.496 e. The number of aromatic nitrogens is 2. The number of para-hydroxylation sites is 1. The van der Waals surface area contributed by atoms with Crippen LogP contribution in [-0.2, 0) is 6.42 Å². The molecule has 0 spiro atoms. The van der Waals surface area contributed by atoms with E-state index in [1.807, 2.05) is 30.3 Å². The van der Waals surface area contributed by atoms with Crippen molar-refractivity contribution in [1.82, 2.24) is 9.38 Å². The van der Waals surface area contributed by atoms with Gasteiger partial charge in [-0.25, -0.2) is 4.98 Å². The molecule has 4 aromatic rings. The van der Waals surface area contributed by atoms with Gasteiger partial charge < -0.3 is 10.5 Å². The van der Waals surface area contributed by atoms with Crippen LogP contribution in [0.1, 0.15) is 5.69 Å². The molecule has 0 aliphatic heterocycles. The average Bonchev–Trinajstić information content (AvgIpc) is 3.23. The maximum atomic E-state index is 5.92. The quantitative estimate of drug-likeness (QED) is 0.586. The number of ether oxygens (including phenoxy) is 1. The van der Waals surface area contributed by atoms with Crippen molar-refractivity contribution in [3.63, 3.8) is 0 Å². The molecule has 126 valence electrons. The van der Waals surface area contributed by atoms with Gasteiger partial charge in [-0.3, -0.25) is 4.40 Å². The summed E-state index contributed by atoms with van der Waals surface area (Å²) in [5.74, 6) is 0.827. The van der Waals surface area contributed by atoms with Gasteiger partial charge >= 0.3 is 0 Å². The fourth-order valence-electron chi connectivity index (χ4n) is 3.15. The number of methoxy groups -OCH3 is 1. The van der Waals surface area contributed by atoms with E-state index in [2.05, 4.69) is 34.0 Å². The van der Waals surface area contributed by atoms with Crippen molar-refractivity contribution < 1.29 is 4.74 Å². The molecule has 0 aliphatic rings. The van der Waals surface area contributed by atoms with Crippen molar-refractivity contribution in [3.8, 4) is 28.3 Å². The number of nitrogens with zero attached hydrogens (tertiary/aromatic N) is 2. The van der Waals surface area contributed by atoms with E-state index >= 15 is 0 Å². The van der Waals surface area contributed by atoms with Crippen LogP contribution in [0.4, 0.5) is 0 Å². The maximum absolute atomic E-state index is 5.92. The Morgan fingerprint density at radius 1 is 1.08 bits per heavy atom. The highest BCUT2D eigenvalue weighted by atomic mass is 32.1. The molecule has 0 radical (unpaired) electrons. The molecule has 4 nitrogen and oxygen atoms in total. The molecule has 0 amide bonds. The Balaban J connectivity index is 1.98.